The average molecular weight is 286 g/mol. The summed E-state index contributed by atoms with van der Waals surface area (Å²) >= 11 is 0. The Morgan fingerprint density at radius 2 is 2.19 bits per heavy atom. The molecule has 0 spiro atoms. The van der Waals surface area contributed by atoms with Crippen LogP contribution in [0.4, 0.5) is 0 Å². The van der Waals surface area contributed by atoms with Crippen LogP contribution in [0.2, 0.25) is 0 Å². The molecule has 1 aliphatic heterocycles. The van der Waals surface area contributed by atoms with Gasteiger partial charge in [0.05, 0.1) is 6.04 Å². The van der Waals surface area contributed by atoms with Crippen LogP contribution in [0.1, 0.15) is 44.1 Å². The normalized spacial score (nSPS) is 21.8. The third kappa shape index (κ3) is 2.99. The summed E-state index contributed by atoms with van der Waals surface area (Å²) in [6, 6.07) is 9.21. The number of hydrogen-bond acceptors (Lipinski definition) is 3. The highest BCUT2D eigenvalue weighted by molar-refractivity contribution is 5.82. The third-order valence-corrected chi connectivity index (χ3v) is 4.59. The molecule has 2 aromatic rings. The minimum Gasteiger partial charge on any atom is -0.459 e. The second-order valence-electron chi connectivity index (χ2n) is 6.28. The van der Waals surface area contributed by atoms with Crippen molar-refractivity contribution in [3.8, 4) is 0 Å². The number of hydrogen-bond donors (Lipinski definition) is 1. The van der Waals surface area contributed by atoms with E-state index >= 15 is 0 Å². The van der Waals surface area contributed by atoms with Crippen LogP contribution in [0.5, 0.6) is 0 Å². The number of rotatable bonds is 4. The first-order valence-corrected chi connectivity index (χ1v) is 8.14. The van der Waals surface area contributed by atoms with Gasteiger partial charge in [-0.2, -0.15) is 0 Å². The smallest absolute Gasteiger partial charge is 0.134 e. The molecule has 0 aliphatic carbocycles. The van der Waals surface area contributed by atoms with Gasteiger partial charge in [-0.05, 0) is 45.8 Å². The van der Waals surface area contributed by atoms with Gasteiger partial charge in [0.2, 0.25) is 0 Å². The topological polar surface area (TPSA) is 28.4 Å². The number of nitrogens with zero attached hydrogens (tertiary/aromatic N) is 1. The van der Waals surface area contributed by atoms with Crippen LogP contribution in [0.3, 0.4) is 0 Å². The van der Waals surface area contributed by atoms with Crippen LogP contribution in [0.25, 0.3) is 11.0 Å². The molecule has 0 amide bonds. The Balaban J connectivity index is 1.82. The van der Waals surface area contributed by atoms with Gasteiger partial charge in [0.25, 0.3) is 0 Å². The number of likely N-dealkylation sites (N-methyl/N-ethyl adjacent to an activating group) is 1. The molecule has 1 aliphatic rings. The molecule has 0 radical (unpaired) electrons. The van der Waals surface area contributed by atoms with Crippen molar-refractivity contribution in [3.05, 3.63) is 35.6 Å². The standard InChI is InChI=1S/C18H26N2O/c1-4-15-16-9-5-6-10-17(16)21-18(15)13(2)19-14-8-7-11-20(3)12-14/h5-6,9-10,13-14,19H,4,7-8,11-12H2,1-3H3. The number of furan rings is 1. The van der Waals surface area contributed by atoms with Crippen molar-refractivity contribution in [3.63, 3.8) is 0 Å². The van der Waals surface area contributed by atoms with E-state index in [1.165, 1.54) is 30.3 Å². The van der Waals surface area contributed by atoms with Crippen molar-refractivity contribution in [1.29, 1.82) is 0 Å². The first-order chi connectivity index (χ1) is 10.2. The number of likely N-dealkylation sites (tertiary alicyclic amines) is 1. The maximum absolute atomic E-state index is 6.14. The Kier molecular flexibility index (Phi) is 4.32. The zero-order valence-corrected chi connectivity index (χ0v) is 13.4. The Bertz CT molecular complexity index is 604. The van der Waals surface area contributed by atoms with Crippen molar-refractivity contribution < 1.29 is 4.42 Å². The van der Waals surface area contributed by atoms with E-state index in [9.17, 15) is 0 Å². The van der Waals surface area contributed by atoms with E-state index in [-0.39, 0.29) is 6.04 Å². The number of para-hydroxylation sites is 1. The quantitative estimate of drug-likeness (QED) is 0.928. The van der Waals surface area contributed by atoms with Crippen LogP contribution < -0.4 is 5.32 Å². The summed E-state index contributed by atoms with van der Waals surface area (Å²) in [5.74, 6) is 1.12. The predicted octanol–water partition coefficient (Wildman–Crippen LogP) is 3.74. The number of aryl methyl sites for hydroxylation is 1. The van der Waals surface area contributed by atoms with E-state index in [2.05, 4.69) is 49.3 Å². The molecule has 1 N–H and O–H groups in total. The van der Waals surface area contributed by atoms with Gasteiger partial charge in [0, 0.05) is 23.5 Å². The zero-order valence-electron chi connectivity index (χ0n) is 13.4. The summed E-state index contributed by atoms with van der Waals surface area (Å²) in [5.41, 5.74) is 2.37. The molecule has 0 saturated carbocycles. The predicted molar refractivity (Wildman–Crippen MR) is 87.7 cm³/mol. The summed E-state index contributed by atoms with van der Waals surface area (Å²) in [5, 5.41) is 5.03. The van der Waals surface area contributed by atoms with Crippen LogP contribution in [-0.4, -0.2) is 31.1 Å². The highest BCUT2D eigenvalue weighted by Crippen LogP contribution is 2.31. The van der Waals surface area contributed by atoms with E-state index in [0.717, 1.165) is 24.3 Å². The molecule has 3 nitrogen and oxygen atoms in total. The van der Waals surface area contributed by atoms with Crippen LogP contribution in [0.15, 0.2) is 28.7 Å². The maximum atomic E-state index is 6.14. The van der Waals surface area contributed by atoms with Gasteiger partial charge < -0.3 is 14.6 Å². The molecule has 0 bridgehead atoms. The largest absolute Gasteiger partial charge is 0.459 e. The van der Waals surface area contributed by atoms with Gasteiger partial charge in [0.15, 0.2) is 0 Å². The molecule has 3 heteroatoms. The lowest BCUT2D eigenvalue weighted by molar-refractivity contribution is 0.214. The fourth-order valence-electron chi connectivity index (χ4n) is 3.56. The highest BCUT2D eigenvalue weighted by atomic mass is 16.3. The van der Waals surface area contributed by atoms with E-state index < -0.39 is 0 Å². The molecule has 3 rings (SSSR count). The number of piperidine rings is 1. The third-order valence-electron chi connectivity index (χ3n) is 4.59. The van der Waals surface area contributed by atoms with Gasteiger partial charge in [-0.1, -0.05) is 25.1 Å². The van der Waals surface area contributed by atoms with Crippen LogP contribution in [-0.2, 0) is 6.42 Å². The van der Waals surface area contributed by atoms with Gasteiger partial charge in [0.1, 0.15) is 11.3 Å². The first kappa shape index (κ1) is 14.6. The molecule has 21 heavy (non-hydrogen) atoms. The Hall–Kier alpha value is -1.32. The molecule has 1 aromatic carbocycles. The lowest BCUT2D eigenvalue weighted by Crippen LogP contribution is -2.44. The molecule has 2 heterocycles. The summed E-state index contributed by atoms with van der Waals surface area (Å²) in [6.07, 6.45) is 3.56. The molecular formula is C18H26N2O. The second kappa shape index (κ2) is 6.20. The van der Waals surface area contributed by atoms with Gasteiger partial charge in [-0.15, -0.1) is 0 Å². The summed E-state index contributed by atoms with van der Waals surface area (Å²) in [4.78, 5) is 2.41. The summed E-state index contributed by atoms with van der Waals surface area (Å²) in [7, 11) is 2.21. The van der Waals surface area contributed by atoms with Gasteiger partial charge >= 0.3 is 0 Å². The molecule has 2 unspecified atom stereocenters. The van der Waals surface area contributed by atoms with Crippen molar-refractivity contribution in [2.45, 2.75) is 45.2 Å². The van der Waals surface area contributed by atoms with Gasteiger partial charge in [-0.25, -0.2) is 0 Å². The Morgan fingerprint density at radius 1 is 1.38 bits per heavy atom. The van der Waals surface area contributed by atoms with Crippen molar-refractivity contribution in [2.75, 3.05) is 20.1 Å². The molecule has 1 aromatic heterocycles. The van der Waals surface area contributed by atoms with E-state index in [1.807, 2.05) is 6.07 Å². The molecule has 1 fully saturated rings. The monoisotopic (exact) mass is 286 g/mol. The van der Waals surface area contributed by atoms with Crippen molar-refractivity contribution >= 4 is 11.0 Å². The second-order valence-corrected chi connectivity index (χ2v) is 6.28. The minimum atomic E-state index is 0.267. The Morgan fingerprint density at radius 3 is 2.95 bits per heavy atom. The molecule has 2 atom stereocenters. The van der Waals surface area contributed by atoms with E-state index in [4.69, 9.17) is 4.42 Å². The SMILES string of the molecule is CCc1c(C(C)NC2CCCN(C)C2)oc2ccccc12. The van der Waals surface area contributed by atoms with Crippen LogP contribution in [0, 0.1) is 0 Å². The number of fused-ring (bicyclic) bond motifs is 1. The molecular weight excluding hydrogens is 260 g/mol. The highest BCUT2D eigenvalue weighted by Gasteiger charge is 2.23. The number of benzene rings is 1. The molecule has 114 valence electrons. The fraction of sp³-hybridized carbons (Fsp3) is 0.556. The summed E-state index contributed by atoms with van der Waals surface area (Å²) < 4.78 is 6.14. The van der Waals surface area contributed by atoms with Gasteiger partial charge in [-0.3, -0.25) is 0 Å². The fourth-order valence-corrected chi connectivity index (χ4v) is 3.56. The summed E-state index contributed by atoms with van der Waals surface area (Å²) in [6.45, 7) is 6.79. The molecule has 1 saturated heterocycles. The maximum Gasteiger partial charge on any atom is 0.134 e. The number of nitrogens with one attached hydrogen (secondary N) is 1. The van der Waals surface area contributed by atoms with E-state index in [0.29, 0.717) is 6.04 Å². The average Bonchev–Trinajstić information content (AvgIpc) is 2.86. The van der Waals surface area contributed by atoms with Crippen LogP contribution >= 0.6 is 0 Å². The lowest BCUT2D eigenvalue weighted by atomic mass is 10.0. The first-order valence-electron chi connectivity index (χ1n) is 8.14. The minimum absolute atomic E-state index is 0.267. The Labute approximate surface area is 127 Å². The lowest BCUT2D eigenvalue weighted by Gasteiger charge is -2.32. The van der Waals surface area contributed by atoms with Crippen molar-refractivity contribution in [1.82, 2.24) is 10.2 Å². The van der Waals surface area contributed by atoms with E-state index in [1.54, 1.807) is 0 Å². The van der Waals surface area contributed by atoms with Crippen molar-refractivity contribution in [2.24, 2.45) is 0 Å². The zero-order chi connectivity index (χ0) is 14.8.